The van der Waals surface area contributed by atoms with Crippen molar-refractivity contribution in [3.05, 3.63) is 118 Å². The summed E-state index contributed by atoms with van der Waals surface area (Å²) in [5, 5.41) is 5.65. The Morgan fingerprint density at radius 1 is 0.413 bits per heavy atom. The van der Waals surface area contributed by atoms with Gasteiger partial charge in [0.05, 0.1) is 34.3 Å². The predicted octanol–water partition coefficient (Wildman–Crippen LogP) is 11.3. The summed E-state index contributed by atoms with van der Waals surface area (Å²) in [7, 11) is 0. The van der Waals surface area contributed by atoms with Gasteiger partial charge in [-0.1, -0.05) is 36.4 Å². The van der Waals surface area contributed by atoms with Crippen LogP contribution in [0.5, 0.6) is 0 Å². The molecule has 4 aromatic rings. The van der Waals surface area contributed by atoms with E-state index in [1.807, 2.05) is 0 Å². The average molecular weight is 701 g/mol. The van der Waals surface area contributed by atoms with Gasteiger partial charge in [0.25, 0.3) is 0 Å². The van der Waals surface area contributed by atoms with Crippen LogP contribution in [0.1, 0.15) is 45.5 Å². The second-order valence-electron chi connectivity index (χ2n) is 9.88. The minimum absolute atomic E-state index is 0.0956. The highest BCUT2D eigenvalue weighted by Gasteiger charge is 2.45. The average Bonchev–Trinajstić information content (AvgIpc) is 2.94. The molecule has 0 spiro atoms. The molecule has 4 aromatic carbocycles. The van der Waals surface area contributed by atoms with Gasteiger partial charge in [0.1, 0.15) is 0 Å². The molecule has 0 aliphatic heterocycles. The lowest BCUT2D eigenvalue weighted by Gasteiger charge is -2.33. The maximum atomic E-state index is 14.0. The summed E-state index contributed by atoms with van der Waals surface area (Å²) in [4.78, 5) is 0.374. The molecule has 0 saturated carbocycles. The molecule has 0 aliphatic rings. The number of nitrogens with one attached hydrogen (secondary N) is 2. The molecule has 0 aromatic heterocycles. The molecule has 0 aliphatic carbocycles. The van der Waals surface area contributed by atoms with Gasteiger partial charge >= 0.3 is 24.7 Å². The summed E-state index contributed by atoms with van der Waals surface area (Å²) < 4.78 is 166. The molecule has 16 heteroatoms. The third-order valence-corrected chi connectivity index (χ3v) is 7.57. The number of halogens is 12. The van der Waals surface area contributed by atoms with Crippen molar-refractivity contribution in [2.24, 2.45) is 0 Å². The van der Waals surface area contributed by atoms with E-state index in [2.05, 4.69) is 35.9 Å². The van der Waals surface area contributed by atoms with Gasteiger partial charge < -0.3 is 10.6 Å². The van der Waals surface area contributed by atoms with E-state index in [-0.39, 0.29) is 45.4 Å². The van der Waals surface area contributed by atoms with Crippen molar-refractivity contribution in [3.63, 3.8) is 0 Å². The zero-order valence-corrected chi connectivity index (χ0v) is 24.5. The van der Waals surface area contributed by atoms with E-state index < -0.39 is 70.2 Å². The molecule has 2 unspecified atom stereocenters. The Kier molecular flexibility index (Phi) is 9.84. The number of para-hydroxylation sites is 2. The first-order chi connectivity index (χ1) is 21.2. The first-order valence-electron chi connectivity index (χ1n) is 12.8. The van der Waals surface area contributed by atoms with Gasteiger partial charge in [0.2, 0.25) is 0 Å². The fraction of sp³-hybridized carbons (Fsp3) is 0.200. The monoisotopic (exact) mass is 700 g/mol. The topological polar surface area (TPSA) is 24.1 Å². The van der Waals surface area contributed by atoms with Crippen molar-refractivity contribution in [2.45, 2.75) is 46.6 Å². The summed E-state index contributed by atoms with van der Waals surface area (Å²) in [6, 6.07) is 10.5. The van der Waals surface area contributed by atoms with E-state index in [1.54, 1.807) is 0 Å². The number of thiol groups is 2. The Hall–Kier alpha value is -3.66. The second-order valence-corrected chi connectivity index (χ2v) is 10.8. The predicted molar refractivity (Wildman–Crippen MR) is 153 cm³/mol. The number of benzene rings is 4. The molecule has 46 heavy (non-hydrogen) atoms. The summed E-state index contributed by atoms with van der Waals surface area (Å²) in [5.41, 5.74) is -9.01. The van der Waals surface area contributed by atoms with Crippen LogP contribution in [0.3, 0.4) is 0 Å². The van der Waals surface area contributed by atoms with Gasteiger partial charge in [-0.05, 0) is 59.7 Å². The molecule has 0 bridgehead atoms. The molecule has 2 N–H and O–H groups in total. The molecule has 0 heterocycles. The lowest BCUT2D eigenvalue weighted by Crippen LogP contribution is -2.28. The second kappa shape index (κ2) is 12.9. The van der Waals surface area contributed by atoms with Crippen LogP contribution in [0.2, 0.25) is 0 Å². The molecule has 0 radical (unpaired) electrons. The zero-order valence-electron chi connectivity index (χ0n) is 22.7. The molecule has 0 amide bonds. The SMILES string of the molecule is FC(F)(F)c1ccc(C(Nc2ccccc2S)C(Nc2ccccc2S)c2ccc(C(F)(F)F)c(C(F)(F)F)c2)cc1C(F)(F)F. The van der Waals surface area contributed by atoms with Gasteiger partial charge in [0, 0.05) is 21.2 Å². The van der Waals surface area contributed by atoms with Crippen molar-refractivity contribution in [2.75, 3.05) is 10.6 Å². The number of hydrogen-bond donors (Lipinski definition) is 4. The van der Waals surface area contributed by atoms with Crippen LogP contribution >= 0.6 is 25.3 Å². The van der Waals surface area contributed by atoms with Crippen LogP contribution in [0, 0.1) is 0 Å². The summed E-state index contributed by atoms with van der Waals surface area (Å²) in [6.45, 7) is 0. The lowest BCUT2D eigenvalue weighted by atomic mass is 9.88. The van der Waals surface area contributed by atoms with E-state index in [4.69, 9.17) is 0 Å². The van der Waals surface area contributed by atoms with E-state index in [0.29, 0.717) is 12.1 Å². The number of alkyl halides is 12. The molecule has 0 fully saturated rings. The first kappa shape index (κ1) is 35.2. The third kappa shape index (κ3) is 8.00. The lowest BCUT2D eigenvalue weighted by molar-refractivity contribution is -0.162. The highest BCUT2D eigenvalue weighted by molar-refractivity contribution is 7.80. The Morgan fingerprint density at radius 3 is 1.00 bits per heavy atom. The zero-order chi connectivity index (χ0) is 34.2. The Morgan fingerprint density at radius 2 is 0.717 bits per heavy atom. The summed E-state index contributed by atoms with van der Waals surface area (Å²) >= 11 is 8.56. The van der Waals surface area contributed by atoms with Crippen molar-refractivity contribution in [1.82, 2.24) is 0 Å². The van der Waals surface area contributed by atoms with Crippen molar-refractivity contribution in [1.29, 1.82) is 0 Å². The highest BCUT2D eigenvalue weighted by atomic mass is 32.1. The van der Waals surface area contributed by atoms with Crippen LogP contribution in [0.4, 0.5) is 64.1 Å². The number of hydrogen-bond acceptors (Lipinski definition) is 4. The van der Waals surface area contributed by atoms with Crippen LogP contribution in [0.25, 0.3) is 0 Å². The van der Waals surface area contributed by atoms with Crippen molar-refractivity contribution < 1.29 is 52.7 Å². The summed E-state index contributed by atoms with van der Waals surface area (Å²) in [6.07, 6.45) is -21.9. The van der Waals surface area contributed by atoms with Crippen LogP contribution in [-0.4, -0.2) is 0 Å². The Balaban J connectivity index is 2.05. The van der Waals surface area contributed by atoms with Crippen molar-refractivity contribution >= 4 is 36.6 Å². The van der Waals surface area contributed by atoms with E-state index in [0.717, 1.165) is 0 Å². The normalized spacial score (nSPS) is 14.1. The molecular formula is C30H20F12N2S2. The fourth-order valence-corrected chi connectivity index (χ4v) is 5.17. The van der Waals surface area contributed by atoms with Gasteiger partial charge in [-0.25, -0.2) is 0 Å². The number of anilines is 2. The Bertz CT molecular complexity index is 1570. The minimum atomic E-state index is -5.52. The maximum Gasteiger partial charge on any atom is 0.417 e. The fourth-order valence-electron chi connectivity index (χ4n) is 4.72. The van der Waals surface area contributed by atoms with E-state index in [9.17, 15) is 52.7 Å². The third-order valence-electron chi connectivity index (χ3n) is 6.79. The standard InChI is InChI=1S/C30H20F12N2S2/c31-27(32,33)17-11-9-15(13-19(17)29(37,38)39)25(43-21-5-1-3-7-23(21)45)26(44-22-6-2-4-8-24(22)46)16-10-12-18(28(34,35)36)20(14-16)30(40,41)42/h1-14,25-26,43-46H. The largest absolute Gasteiger partial charge is 0.417 e. The smallest absolute Gasteiger partial charge is 0.375 e. The van der Waals surface area contributed by atoms with Gasteiger partial charge in [-0.15, -0.1) is 25.3 Å². The minimum Gasteiger partial charge on any atom is -0.375 e. The number of rotatable bonds is 7. The molecule has 2 nitrogen and oxygen atoms in total. The quantitative estimate of drug-likeness (QED) is 0.114. The molecule has 2 atom stereocenters. The van der Waals surface area contributed by atoms with Gasteiger partial charge in [-0.2, -0.15) is 52.7 Å². The first-order valence-corrected chi connectivity index (χ1v) is 13.7. The van der Waals surface area contributed by atoms with Gasteiger partial charge in [-0.3, -0.25) is 0 Å². The highest BCUT2D eigenvalue weighted by Crippen LogP contribution is 2.46. The molecule has 4 rings (SSSR count). The molecular weight excluding hydrogens is 680 g/mol. The van der Waals surface area contributed by atoms with Crippen LogP contribution in [-0.2, 0) is 24.7 Å². The summed E-state index contributed by atoms with van der Waals surface area (Å²) in [5.74, 6) is 0. The van der Waals surface area contributed by atoms with Crippen LogP contribution in [0.15, 0.2) is 94.7 Å². The maximum absolute atomic E-state index is 14.0. The molecule has 0 saturated heterocycles. The van der Waals surface area contributed by atoms with Crippen LogP contribution < -0.4 is 10.6 Å². The Labute approximate surface area is 264 Å². The van der Waals surface area contributed by atoms with Gasteiger partial charge in [0.15, 0.2) is 0 Å². The van der Waals surface area contributed by atoms with Crippen molar-refractivity contribution in [3.8, 4) is 0 Å². The molecule has 246 valence electrons. The van der Waals surface area contributed by atoms with E-state index in [1.165, 1.54) is 48.5 Å². The van der Waals surface area contributed by atoms with E-state index >= 15 is 0 Å².